The summed E-state index contributed by atoms with van der Waals surface area (Å²) < 4.78 is 28.2. The van der Waals surface area contributed by atoms with Crippen LogP contribution in [-0.2, 0) is 10.0 Å². The first kappa shape index (κ1) is 17.8. The summed E-state index contributed by atoms with van der Waals surface area (Å²) in [5, 5.41) is 9.14. The van der Waals surface area contributed by atoms with Gasteiger partial charge in [-0.3, -0.25) is 0 Å². The minimum atomic E-state index is -3.71. The number of hydrazone groups is 1. The average Bonchev–Trinajstić information content (AvgIpc) is 3.02. The fraction of sp³-hybridized carbons (Fsp3) is 0.118. The third-order valence-corrected chi connectivity index (χ3v) is 4.36. The molecule has 0 unspecified atom stereocenters. The van der Waals surface area contributed by atoms with E-state index in [2.05, 4.69) is 20.5 Å². The number of furan rings is 1. The molecular weight excluding hydrogens is 354 g/mol. The minimum Gasteiger partial charge on any atom is -0.455 e. The van der Waals surface area contributed by atoms with Gasteiger partial charge in [0.05, 0.1) is 11.1 Å². The first-order valence-electron chi connectivity index (χ1n) is 7.66. The Kier molecular flexibility index (Phi) is 4.83. The van der Waals surface area contributed by atoms with Crippen LogP contribution in [0.25, 0.3) is 11.3 Å². The molecule has 2 heterocycles. The van der Waals surface area contributed by atoms with E-state index in [0.29, 0.717) is 17.5 Å². The zero-order valence-corrected chi connectivity index (χ0v) is 15.0. The number of primary sulfonamides is 1. The van der Waals surface area contributed by atoms with Crippen LogP contribution in [0.15, 0.2) is 56.9 Å². The molecule has 3 rings (SSSR count). The van der Waals surface area contributed by atoms with E-state index in [1.807, 2.05) is 19.9 Å². The number of nitrogens with zero attached hydrogens (tertiary/aromatic N) is 3. The largest absolute Gasteiger partial charge is 0.455 e. The van der Waals surface area contributed by atoms with Gasteiger partial charge in [-0.15, -0.1) is 0 Å². The van der Waals surface area contributed by atoms with Crippen molar-refractivity contribution >= 4 is 22.2 Å². The Hall–Kier alpha value is -3.04. The van der Waals surface area contributed by atoms with Crippen molar-refractivity contribution in [1.29, 1.82) is 0 Å². The number of rotatable bonds is 5. The monoisotopic (exact) mass is 371 g/mol. The fourth-order valence-corrected chi connectivity index (χ4v) is 2.83. The molecule has 26 heavy (non-hydrogen) atoms. The van der Waals surface area contributed by atoms with Crippen LogP contribution >= 0.6 is 0 Å². The third kappa shape index (κ3) is 4.32. The van der Waals surface area contributed by atoms with Gasteiger partial charge >= 0.3 is 0 Å². The highest BCUT2D eigenvalue weighted by Gasteiger charge is 2.09. The molecule has 2 aromatic heterocycles. The third-order valence-electron chi connectivity index (χ3n) is 3.43. The molecule has 0 spiro atoms. The second-order valence-electron chi connectivity index (χ2n) is 5.62. The highest BCUT2D eigenvalue weighted by molar-refractivity contribution is 7.89. The van der Waals surface area contributed by atoms with Gasteiger partial charge in [0.25, 0.3) is 0 Å². The number of hydrogen-bond donors (Lipinski definition) is 2. The van der Waals surface area contributed by atoms with Gasteiger partial charge in [0, 0.05) is 17.0 Å². The summed E-state index contributed by atoms with van der Waals surface area (Å²) in [5.74, 6) is 1.51. The summed E-state index contributed by atoms with van der Waals surface area (Å²) in [5.41, 5.74) is 5.17. The molecule has 8 nitrogen and oxygen atoms in total. The van der Waals surface area contributed by atoms with Crippen molar-refractivity contribution in [3.63, 3.8) is 0 Å². The van der Waals surface area contributed by atoms with Crippen molar-refractivity contribution in [1.82, 2.24) is 9.97 Å². The van der Waals surface area contributed by atoms with Crippen LogP contribution in [0.2, 0.25) is 0 Å². The SMILES string of the molecule is Cc1cc(C)nc(N/N=C\c2ccc(-c3ccc(S(N)(=O)=O)cc3)o2)n1. The first-order chi connectivity index (χ1) is 12.3. The highest BCUT2D eigenvalue weighted by atomic mass is 32.2. The molecule has 0 saturated carbocycles. The van der Waals surface area contributed by atoms with E-state index < -0.39 is 10.0 Å². The summed E-state index contributed by atoms with van der Waals surface area (Å²) in [4.78, 5) is 8.49. The quantitative estimate of drug-likeness (QED) is 0.524. The molecule has 3 N–H and O–H groups in total. The predicted octanol–water partition coefficient (Wildman–Crippen LogP) is 2.45. The van der Waals surface area contributed by atoms with Gasteiger partial charge in [0.15, 0.2) is 0 Å². The second kappa shape index (κ2) is 7.06. The molecule has 0 radical (unpaired) electrons. The molecule has 9 heteroatoms. The summed E-state index contributed by atoms with van der Waals surface area (Å²) >= 11 is 0. The Bertz CT molecular complexity index is 1040. The van der Waals surface area contributed by atoms with Crippen LogP contribution in [0.5, 0.6) is 0 Å². The number of benzene rings is 1. The van der Waals surface area contributed by atoms with E-state index in [1.165, 1.54) is 18.3 Å². The van der Waals surface area contributed by atoms with Crippen molar-refractivity contribution in [3.8, 4) is 11.3 Å². The Morgan fingerprint density at radius 2 is 1.73 bits per heavy atom. The van der Waals surface area contributed by atoms with Crippen LogP contribution in [0.4, 0.5) is 5.95 Å². The average molecular weight is 371 g/mol. The Morgan fingerprint density at radius 1 is 1.08 bits per heavy atom. The number of hydrogen-bond acceptors (Lipinski definition) is 7. The molecule has 1 aromatic carbocycles. The van der Waals surface area contributed by atoms with Crippen molar-refractivity contribution in [2.24, 2.45) is 10.2 Å². The molecule has 134 valence electrons. The lowest BCUT2D eigenvalue weighted by Gasteiger charge is -2.01. The molecular formula is C17H17N5O3S. The number of nitrogens with one attached hydrogen (secondary N) is 1. The number of aryl methyl sites for hydroxylation is 2. The van der Waals surface area contributed by atoms with E-state index in [1.54, 1.807) is 24.3 Å². The van der Waals surface area contributed by atoms with E-state index in [4.69, 9.17) is 9.56 Å². The van der Waals surface area contributed by atoms with Crippen LogP contribution in [0, 0.1) is 13.8 Å². The van der Waals surface area contributed by atoms with Gasteiger partial charge in [0.1, 0.15) is 11.5 Å². The van der Waals surface area contributed by atoms with E-state index in [0.717, 1.165) is 17.0 Å². The highest BCUT2D eigenvalue weighted by Crippen LogP contribution is 2.23. The zero-order valence-electron chi connectivity index (χ0n) is 14.2. The van der Waals surface area contributed by atoms with Crippen LogP contribution in [0.3, 0.4) is 0 Å². The van der Waals surface area contributed by atoms with Crippen LogP contribution in [-0.4, -0.2) is 24.6 Å². The van der Waals surface area contributed by atoms with Gasteiger partial charge in [-0.05, 0) is 56.3 Å². The summed E-state index contributed by atoms with van der Waals surface area (Å²) in [7, 11) is -3.71. The maximum absolute atomic E-state index is 11.3. The lowest BCUT2D eigenvalue weighted by molar-refractivity contribution is 0.575. The molecule has 0 bridgehead atoms. The van der Waals surface area contributed by atoms with Gasteiger partial charge in [0.2, 0.25) is 16.0 Å². The van der Waals surface area contributed by atoms with Gasteiger partial charge in [-0.2, -0.15) is 5.10 Å². The van der Waals surface area contributed by atoms with Crippen LogP contribution in [0.1, 0.15) is 17.1 Å². The van der Waals surface area contributed by atoms with Gasteiger partial charge in [-0.25, -0.2) is 29.0 Å². The molecule has 0 saturated heterocycles. The van der Waals surface area contributed by atoms with Gasteiger partial charge < -0.3 is 4.42 Å². The molecule has 3 aromatic rings. The normalized spacial score (nSPS) is 11.8. The van der Waals surface area contributed by atoms with Crippen molar-refractivity contribution in [2.75, 3.05) is 5.43 Å². The molecule has 0 aliphatic heterocycles. The Balaban J connectivity index is 1.71. The second-order valence-corrected chi connectivity index (χ2v) is 7.18. The Labute approximate surface area is 150 Å². The smallest absolute Gasteiger partial charge is 0.243 e. The predicted molar refractivity (Wildman–Crippen MR) is 98.2 cm³/mol. The van der Waals surface area contributed by atoms with Crippen molar-refractivity contribution in [3.05, 3.63) is 59.6 Å². The maximum Gasteiger partial charge on any atom is 0.243 e. The molecule has 0 amide bonds. The maximum atomic E-state index is 11.3. The number of aromatic nitrogens is 2. The minimum absolute atomic E-state index is 0.0484. The molecule has 0 aliphatic carbocycles. The van der Waals surface area contributed by atoms with E-state index in [-0.39, 0.29) is 4.90 Å². The molecule has 0 fully saturated rings. The number of sulfonamides is 1. The Morgan fingerprint density at radius 3 is 2.35 bits per heavy atom. The standard InChI is InChI=1S/C17H17N5O3S/c1-11-9-12(2)21-17(20-11)22-19-10-14-5-8-16(25-14)13-3-6-15(7-4-13)26(18,23)24/h3-10H,1-2H3,(H2,18,23,24)(H,20,21,22)/b19-10-. The van der Waals surface area contributed by atoms with Crippen molar-refractivity contribution < 1.29 is 12.8 Å². The van der Waals surface area contributed by atoms with Gasteiger partial charge in [-0.1, -0.05) is 0 Å². The topological polar surface area (TPSA) is 123 Å². The molecule has 0 aliphatic rings. The zero-order chi connectivity index (χ0) is 18.7. The van der Waals surface area contributed by atoms with E-state index in [9.17, 15) is 8.42 Å². The fourth-order valence-electron chi connectivity index (χ4n) is 2.32. The lowest BCUT2D eigenvalue weighted by Crippen LogP contribution is -2.11. The summed E-state index contributed by atoms with van der Waals surface area (Å²) in [6, 6.07) is 11.5. The van der Waals surface area contributed by atoms with Crippen molar-refractivity contribution in [2.45, 2.75) is 18.7 Å². The molecule has 0 atom stereocenters. The summed E-state index contributed by atoms with van der Waals surface area (Å²) in [6.45, 7) is 3.76. The lowest BCUT2D eigenvalue weighted by atomic mass is 10.2. The number of anilines is 1. The van der Waals surface area contributed by atoms with E-state index >= 15 is 0 Å². The summed E-state index contributed by atoms with van der Waals surface area (Å²) in [6.07, 6.45) is 1.50. The first-order valence-corrected chi connectivity index (χ1v) is 9.20. The number of nitrogens with two attached hydrogens (primary N) is 1. The van der Waals surface area contributed by atoms with Crippen LogP contribution < -0.4 is 10.6 Å².